The van der Waals surface area contributed by atoms with Crippen LogP contribution in [0.1, 0.15) is 37.5 Å². The summed E-state index contributed by atoms with van der Waals surface area (Å²) in [6, 6.07) is 0.476. The number of aliphatic hydroxyl groups is 1. The Morgan fingerprint density at radius 3 is 3.15 bits per heavy atom. The number of rotatable bonds is 2. The fourth-order valence-corrected chi connectivity index (χ4v) is 1.81. The summed E-state index contributed by atoms with van der Waals surface area (Å²) in [5.74, 6) is 1.87. The van der Waals surface area contributed by atoms with Gasteiger partial charge in [0.05, 0.1) is 12.6 Å². The average Bonchev–Trinajstić information content (AvgIpc) is 2.49. The first-order valence-corrected chi connectivity index (χ1v) is 4.86. The van der Waals surface area contributed by atoms with Crippen LogP contribution in [0, 0.1) is 0 Å². The van der Waals surface area contributed by atoms with E-state index in [1.165, 1.54) is 12.8 Å². The Balaban J connectivity index is 2.25. The molecule has 1 aliphatic rings. The predicted molar refractivity (Wildman–Crippen MR) is 48.5 cm³/mol. The fourth-order valence-electron chi connectivity index (χ4n) is 1.81. The molecule has 0 amide bonds. The molecule has 0 saturated carbocycles. The van der Waals surface area contributed by atoms with Gasteiger partial charge in [-0.25, -0.2) is 9.67 Å². The van der Waals surface area contributed by atoms with E-state index >= 15 is 0 Å². The molecule has 0 bridgehead atoms. The molecule has 0 aliphatic carbocycles. The predicted octanol–water partition coefficient (Wildman–Crippen LogP) is 0.710. The quantitative estimate of drug-likeness (QED) is 0.731. The highest BCUT2D eigenvalue weighted by atomic mass is 16.3. The molecule has 1 atom stereocenters. The van der Waals surface area contributed by atoms with Crippen LogP contribution >= 0.6 is 0 Å². The molecule has 0 radical (unpaired) electrons. The second-order valence-electron chi connectivity index (χ2n) is 3.60. The maximum Gasteiger partial charge on any atom is 0.153 e. The number of aryl methyl sites for hydroxylation is 1. The van der Waals surface area contributed by atoms with Gasteiger partial charge in [-0.3, -0.25) is 0 Å². The van der Waals surface area contributed by atoms with Gasteiger partial charge in [-0.05, 0) is 19.8 Å². The van der Waals surface area contributed by atoms with Gasteiger partial charge in [0.2, 0.25) is 0 Å². The lowest BCUT2D eigenvalue weighted by Gasteiger charge is -2.18. The summed E-state index contributed by atoms with van der Waals surface area (Å²) in [4.78, 5) is 4.38. The molecule has 0 spiro atoms. The van der Waals surface area contributed by atoms with Crippen molar-refractivity contribution in [2.24, 2.45) is 0 Å². The van der Waals surface area contributed by atoms with Crippen molar-refractivity contribution in [2.75, 3.05) is 6.61 Å². The topological polar surface area (TPSA) is 50.9 Å². The van der Waals surface area contributed by atoms with Gasteiger partial charge in [-0.1, -0.05) is 0 Å². The van der Waals surface area contributed by atoms with Crippen LogP contribution in [-0.2, 0) is 12.8 Å². The molecule has 1 aromatic heterocycles. The number of nitrogens with zero attached hydrogens (tertiary/aromatic N) is 3. The summed E-state index contributed by atoms with van der Waals surface area (Å²) in [6.07, 6.45) is 4.00. The van der Waals surface area contributed by atoms with E-state index in [2.05, 4.69) is 17.0 Å². The lowest BCUT2D eigenvalue weighted by atomic mass is 10.1. The molecule has 0 fully saturated rings. The Bertz CT molecular complexity index is 295. The van der Waals surface area contributed by atoms with Crippen molar-refractivity contribution in [1.29, 1.82) is 0 Å². The zero-order valence-electron chi connectivity index (χ0n) is 7.90. The molecule has 2 rings (SSSR count). The zero-order valence-corrected chi connectivity index (χ0v) is 7.90. The molecular weight excluding hydrogens is 166 g/mol. The van der Waals surface area contributed by atoms with E-state index in [9.17, 15) is 0 Å². The first kappa shape index (κ1) is 8.69. The SMILES string of the molecule is CC1CCCc2nc(CCO)nn21. The fraction of sp³-hybridized carbons (Fsp3) is 0.778. The van der Waals surface area contributed by atoms with Crippen molar-refractivity contribution in [3.63, 3.8) is 0 Å². The smallest absolute Gasteiger partial charge is 0.153 e. The average molecular weight is 181 g/mol. The van der Waals surface area contributed by atoms with Gasteiger partial charge >= 0.3 is 0 Å². The van der Waals surface area contributed by atoms with Gasteiger partial charge in [0.1, 0.15) is 5.82 Å². The summed E-state index contributed by atoms with van der Waals surface area (Å²) in [5, 5.41) is 13.1. The molecule has 0 saturated heterocycles. The standard InChI is InChI=1S/C9H15N3O/c1-7-3-2-4-9-10-8(5-6-13)11-12(7)9/h7,13H,2-6H2,1H3. The molecule has 13 heavy (non-hydrogen) atoms. The third kappa shape index (κ3) is 1.58. The maximum absolute atomic E-state index is 8.76. The van der Waals surface area contributed by atoms with Crippen molar-refractivity contribution in [1.82, 2.24) is 14.8 Å². The first-order valence-electron chi connectivity index (χ1n) is 4.86. The molecular formula is C9H15N3O. The maximum atomic E-state index is 8.76. The number of aliphatic hydroxyl groups excluding tert-OH is 1. The van der Waals surface area contributed by atoms with Crippen molar-refractivity contribution >= 4 is 0 Å². The monoisotopic (exact) mass is 181 g/mol. The van der Waals surface area contributed by atoms with E-state index in [1.807, 2.05) is 4.68 Å². The summed E-state index contributed by atoms with van der Waals surface area (Å²) in [5.41, 5.74) is 0. The van der Waals surface area contributed by atoms with E-state index in [1.54, 1.807) is 0 Å². The van der Waals surface area contributed by atoms with Crippen LogP contribution in [0.15, 0.2) is 0 Å². The highest BCUT2D eigenvalue weighted by molar-refractivity contribution is 4.98. The van der Waals surface area contributed by atoms with Gasteiger partial charge in [0, 0.05) is 12.8 Å². The largest absolute Gasteiger partial charge is 0.396 e. The highest BCUT2D eigenvalue weighted by Crippen LogP contribution is 2.22. The lowest BCUT2D eigenvalue weighted by Crippen LogP contribution is -2.16. The van der Waals surface area contributed by atoms with E-state index in [-0.39, 0.29) is 6.61 Å². The van der Waals surface area contributed by atoms with E-state index < -0.39 is 0 Å². The van der Waals surface area contributed by atoms with Crippen LogP contribution in [-0.4, -0.2) is 26.5 Å². The van der Waals surface area contributed by atoms with Crippen LogP contribution in [0.3, 0.4) is 0 Å². The third-order valence-electron chi connectivity index (χ3n) is 2.52. The summed E-state index contributed by atoms with van der Waals surface area (Å²) >= 11 is 0. The molecule has 1 unspecified atom stereocenters. The Hall–Kier alpha value is -0.900. The van der Waals surface area contributed by atoms with Gasteiger partial charge in [-0.2, -0.15) is 5.10 Å². The Morgan fingerprint density at radius 1 is 1.62 bits per heavy atom. The molecule has 4 heteroatoms. The number of fused-ring (bicyclic) bond motifs is 1. The van der Waals surface area contributed by atoms with Crippen molar-refractivity contribution in [3.8, 4) is 0 Å². The van der Waals surface area contributed by atoms with Crippen molar-refractivity contribution in [3.05, 3.63) is 11.6 Å². The number of aromatic nitrogens is 3. The zero-order chi connectivity index (χ0) is 9.26. The van der Waals surface area contributed by atoms with Crippen LogP contribution in [0.4, 0.5) is 0 Å². The Kier molecular flexibility index (Phi) is 2.31. The van der Waals surface area contributed by atoms with E-state index in [0.717, 1.165) is 18.1 Å². The summed E-state index contributed by atoms with van der Waals surface area (Å²) in [7, 11) is 0. The lowest BCUT2D eigenvalue weighted by molar-refractivity contribution is 0.296. The molecule has 1 aliphatic heterocycles. The molecule has 72 valence electrons. The van der Waals surface area contributed by atoms with Crippen LogP contribution < -0.4 is 0 Å². The van der Waals surface area contributed by atoms with Crippen molar-refractivity contribution < 1.29 is 5.11 Å². The van der Waals surface area contributed by atoms with Crippen LogP contribution in [0.5, 0.6) is 0 Å². The van der Waals surface area contributed by atoms with Gasteiger partial charge in [-0.15, -0.1) is 0 Å². The number of hydrogen-bond acceptors (Lipinski definition) is 3. The second kappa shape index (κ2) is 3.46. The molecule has 2 heterocycles. The molecule has 1 N–H and O–H groups in total. The van der Waals surface area contributed by atoms with E-state index in [4.69, 9.17) is 5.11 Å². The molecule has 0 aromatic carbocycles. The van der Waals surface area contributed by atoms with Crippen LogP contribution in [0.25, 0.3) is 0 Å². The van der Waals surface area contributed by atoms with Gasteiger partial charge in [0.15, 0.2) is 5.82 Å². The normalized spacial score (nSPS) is 21.5. The van der Waals surface area contributed by atoms with Crippen molar-refractivity contribution in [2.45, 2.75) is 38.6 Å². The first-order chi connectivity index (χ1) is 6.31. The molecule has 1 aromatic rings. The minimum atomic E-state index is 0.137. The summed E-state index contributed by atoms with van der Waals surface area (Å²) < 4.78 is 2.01. The highest BCUT2D eigenvalue weighted by Gasteiger charge is 2.18. The Labute approximate surface area is 77.6 Å². The van der Waals surface area contributed by atoms with E-state index in [0.29, 0.717) is 12.5 Å². The number of hydrogen-bond donors (Lipinski definition) is 1. The second-order valence-corrected chi connectivity index (χ2v) is 3.60. The van der Waals surface area contributed by atoms with Gasteiger partial charge in [0.25, 0.3) is 0 Å². The van der Waals surface area contributed by atoms with Gasteiger partial charge < -0.3 is 5.11 Å². The minimum Gasteiger partial charge on any atom is -0.396 e. The third-order valence-corrected chi connectivity index (χ3v) is 2.52. The minimum absolute atomic E-state index is 0.137. The summed E-state index contributed by atoms with van der Waals surface area (Å²) in [6.45, 7) is 2.30. The molecule has 4 nitrogen and oxygen atoms in total. The van der Waals surface area contributed by atoms with Crippen LogP contribution in [0.2, 0.25) is 0 Å². The Morgan fingerprint density at radius 2 is 2.46 bits per heavy atom.